The van der Waals surface area contributed by atoms with Gasteiger partial charge in [0.05, 0.1) is 12.7 Å². The molecule has 1 aliphatic heterocycles. The number of morpholine rings is 1. The first kappa shape index (κ1) is 17.0. The van der Waals surface area contributed by atoms with Gasteiger partial charge in [0.15, 0.2) is 0 Å². The molecule has 0 bridgehead atoms. The molecule has 3 amide bonds. The topological polar surface area (TPSA) is 110 Å². The zero-order valence-corrected chi connectivity index (χ0v) is 13.4. The Labute approximate surface area is 135 Å². The summed E-state index contributed by atoms with van der Waals surface area (Å²) in [7, 11) is 0. The fourth-order valence-electron chi connectivity index (χ4n) is 2.36. The summed E-state index contributed by atoms with van der Waals surface area (Å²) in [6, 6.07) is 2.47. The highest BCUT2D eigenvalue weighted by atomic mass is 16.5. The minimum absolute atomic E-state index is 0.198. The van der Waals surface area contributed by atoms with Gasteiger partial charge in [-0.15, -0.1) is 0 Å². The number of nitrogens with zero attached hydrogens (tertiary/aromatic N) is 2. The lowest BCUT2D eigenvalue weighted by Crippen LogP contribution is -2.46. The summed E-state index contributed by atoms with van der Waals surface area (Å²) in [5, 5.41) is 5.06. The highest BCUT2D eigenvalue weighted by molar-refractivity contribution is 5.86. The molecule has 0 aromatic carbocycles. The molecule has 2 atom stereocenters. The van der Waals surface area contributed by atoms with Crippen molar-refractivity contribution < 1.29 is 14.3 Å². The van der Waals surface area contributed by atoms with Gasteiger partial charge in [-0.2, -0.15) is 0 Å². The Morgan fingerprint density at radius 3 is 2.91 bits per heavy atom. The van der Waals surface area contributed by atoms with Crippen LogP contribution in [0.5, 0.6) is 0 Å². The summed E-state index contributed by atoms with van der Waals surface area (Å²) >= 11 is 0. The Balaban J connectivity index is 1.85. The average molecular weight is 321 g/mol. The van der Waals surface area contributed by atoms with Gasteiger partial charge in [0.2, 0.25) is 5.91 Å². The van der Waals surface area contributed by atoms with Crippen molar-refractivity contribution >= 4 is 17.8 Å². The molecule has 4 N–H and O–H groups in total. The summed E-state index contributed by atoms with van der Waals surface area (Å²) in [6.07, 6.45) is 1.94. The van der Waals surface area contributed by atoms with E-state index in [1.54, 1.807) is 13.1 Å². The zero-order valence-electron chi connectivity index (χ0n) is 13.4. The third-order valence-corrected chi connectivity index (χ3v) is 3.59. The Morgan fingerprint density at radius 2 is 2.30 bits per heavy atom. The van der Waals surface area contributed by atoms with Gasteiger partial charge in [-0.1, -0.05) is 6.07 Å². The van der Waals surface area contributed by atoms with Gasteiger partial charge in [-0.05, 0) is 25.5 Å². The van der Waals surface area contributed by atoms with Crippen LogP contribution in [0.2, 0.25) is 0 Å². The van der Waals surface area contributed by atoms with Crippen LogP contribution >= 0.6 is 0 Å². The molecule has 1 saturated heterocycles. The minimum Gasteiger partial charge on any atom is -0.375 e. The van der Waals surface area contributed by atoms with Gasteiger partial charge in [-0.25, -0.2) is 9.78 Å². The van der Waals surface area contributed by atoms with E-state index in [0.717, 1.165) is 24.5 Å². The quantitative estimate of drug-likeness (QED) is 0.706. The van der Waals surface area contributed by atoms with Gasteiger partial charge in [0.25, 0.3) is 0 Å². The number of anilines is 1. The van der Waals surface area contributed by atoms with Gasteiger partial charge in [-0.3, -0.25) is 4.79 Å². The van der Waals surface area contributed by atoms with E-state index in [2.05, 4.69) is 20.5 Å². The highest BCUT2D eigenvalue weighted by Gasteiger charge is 2.18. The van der Waals surface area contributed by atoms with Crippen LogP contribution in [0.25, 0.3) is 0 Å². The molecule has 1 fully saturated rings. The molecule has 1 aromatic heterocycles. The maximum atomic E-state index is 11.8. The standard InChI is InChI=1S/C15H23N5O3/c1-10-9-20(5-6-23-10)13-4-3-12(7-17-13)8-18-14(21)11(2)19-15(16)22/h3-4,7,10-11H,5-6,8-9H2,1-2H3,(H,18,21)(H3,16,19,22)/t10-,11-/m0/s1. The maximum Gasteiger partial charge on any atom is 0.312 e. The second kappa shape index (κ2) is 7.77. The fourth-order valence-corrected chi connectivity index (χ4v) is 2.36. The largest absolute Gasteiger partial charge is 0.375 e. The van der Waals surface area contributed by atoms with E-state index < -0.39 is 12.1 Å². The summed E-state index contributed by atoms with van der Waals surface area (Å²) in [4.78, 5) is 29.1. The number of carbonyl (C=O) groups excluding carboxylic acids is 2. The van der Waals surface area contributed by atoms with Crippen LogP contribution in [0, 0.1) is 0 Å². The summed E-state index contributed by atoms with van der Waals surface area (Å²) < 4.78 is 5.51. The van der Waals surface area contributed by atoms with E-state index in [1.807, 2.05) is 19.1 Å². The van der Waals surface area contributed by atoms with E-state index in [4.69, 9.17) is 10.5 Å². The normalized spacial score (nSPS) is 19.0. The molecule has 0 spiro atoms. The van der Waals surface area contributed by atoms with Crippen LogP contribution in [-0.2, 0) is 16.1 Å². The molecule has 1 aliphatic rings. The second-order valence-electron chi connectivity index (χ2n) is 5.60. The van der Waals surface area contributed by atoms with Crippen molar-refractivity contribution in [1.29, 1.82) is 0 Å². The molecular weight excluding hydrogens is 298 g/mol. The van der Waals surface area contributed by atoms with Crippen molar-refractivity contribution in [3.63, 3.8) is 0 Å². The third kappa shape index (κ3) is 5.10. The number of nitrogens with two attached hydrogens (primary N) is 1. The molecule has 126 valence electrons. The first-order valence-electron chi connectivity index (χ1n) is 7.61. The Kier molecular flexibility index (Phi) is 5.75. The molecule has 23 heavy (non-hydrogen) atoms. The average Bonchev–Trinajstić information content (AvgIpc) is 2.52. The number of rotatable bonds is 5. The fraction of sp³-hybridized carbons (Fsp3) is 0.533. The lowest BCUT2D eigenvalue weighted by atomic mass is 10.2. The van der Waals surface area contributed by atoms with Gasteiger partial charge in [0.1, 0.15) is 11.9 Å². The molecular formula is C15H23N5O3. The molecule has 0 aliphatic carbocycles. The van der Waals surface area contributed by atoms with Crippen LogP contribution in [0.1, 0.15) is 19.4 Å². The number of nitrogens with one attached hydrogen (secondary N) is 2. The van der Waals surface area contributed by atoms with Crippen LogP contribution in [0.4, 0.5) is 10.6 Å². The van der Waals surface area contributed by atoms with E-state index in [9.17, 15) is 9.59 Å². The lowest BCUT2D eigenvalue weighted by molar-refractivity contribution is -0.122. The Hall–Kier alpha value is -2.35. The molecule has 1 aromatic rings. The van der Waals surface area contributed by atoms with E-state index >= 15 is 0 Å². The SMILES string of the molecule is C[C@H](NC(N)=O)C(=O)NCc1ccc(N2CCO[C@@H](C)C2)nc1. The maximum absolute atomic E-state index is 11.8. The van der Waals surface area contributed by atoms with Gasteiger partial charge < -0.3 is 26.0 Å². The lowest BCUT2D eigenvalue weighted by Gasteiger charge is -2.32. The number of hydrogen-bond acceptors (Lipinski definition) is 5. The summed E-state index contributed by atoms with van der Waals surface area (Å²) in [5.41, 5.74) is 5.87. The number of hydrogen-bond donors (Lipinski definition) is 3. The first-order chi connectivity index (χ1) is 11.0. The van der Waals surface area contributed by atoms with E-state index in [-0.39, 0.29) is 12.0 Å². The van der Waals surface area contributed by atoms with Crippen molar-refractivity contribution in [3.05, 3.63) is 23.9 Å². The van der Waals surface area contributed by atoms with Crippen LogP contribution in [0.15, 0.2) is 18.3 Å². The Morgan fingerprint density at radius 1 is 1.52 bits per heavy atom. The highest BCUT2D eigenvalue weighted by Crippen LogP contribution is 2.15. The van der Waals surface area contributed by atoms with Crippen LogP contribution < -0.4 is 21.3 Å². The molecule has 2 heterocycles. The van der Waals surface area contributed by atoms with Gasteiger partial charge >= 0.3 is 6.03 Å². The van der Waals surface area contributed by atoms with Crippen molar-refractivity contribution in [3.8, 4) is 0 Å². The smallest absolute Gasteiger partial charge is 0.312 e. The second-order valence-corrected chi connectivity index (χ2v) is 5.60. The van der Waals surface area contributed by atoms with Crippen molar-refractivity contribution in [1.82, 2.24) is 15.6 Å². The Bertz CT molecular complexity index is 549. The first-order valence-corrected chi connectivity index (χ1v) is 7.61. The number of aromatic nitrogens is 1. The summed E-state index contributed by atoms with van der Waals surface area (Å²) in [5.74, 6) is 0.605. The van der Waals surface area contributed by atoms with Crippen LogP contribution in [-0.4, -0.2) is 48.8 Å². The van der Waals surface area contributed by atoms with Crippen molar-refractivity contribution in [2.24, 2.45) is 5.73 Å². The molecule has 0 unspecified atom stereocenters. The predicted molar refractivity (Wildman–Crippen MR) is 85.9 cm³/mol. The summed E-state index contributed by atoms with van der Waals surface area (Å²) in [6.45, 7) is 6.29. The molecule has 2 rings (SSSR count). The number of pyridine rings is 1. The van der Waals surface area contributed by atoms with E-state index in [1.165, 1.54) is 0 Å². The number of primary amides is 1. The minimum atomic E-state index is -0.724. The third-order valence-electron chi connectivity index (χ3n) is 3.59. The number of amides is 3. The number of carbonyl (C=O) groups is 2. The monoisotopic (exact) mass is 321 g/mol. The molecule has 8 heteroatoms. The number of urea groups is 1. The molecule has 0 radical (unpaired) electrons. The number of ether oxygens (including phenoxy) is 1. The van der Waals surface area contributed by atoms with E-state index in [0.29, 0.717) is 13.2 Å². The van der Waals surface area contributed by atoms with Gasteiger partial charge in [0, 0.05) is 25.8 Å². The molecule has 8 nitrogen and oxygen atoms in total. The van der Waals surface area contributed by atoms with Crippen LogP contribution in [0.3, 0.4) is 0 Å². The zero-order chi connectivity index (χ0) is 16.8. The van der Waals surface area contributed by atoms with Crippen molar-refractivity contribution in [2.75, 3.05) is 24.6 Å². The van der Waals surface area contributed by atoms with Crippen molar-refractivity contribution in [2.45, 2.75) is 32.5 Å². The predicted octanol–water partition coefficient (Wildman–Crippen LogP) is -0.0203. The molecule has 0 saturated carbocycles.